The maximum Gasteiger partial charge on any atom is 0.243 e. The molecule has 1 unspecified atom stereocenters. The Hall–Kier alpha value is -2.28. The molecule has 1 aromatic rings. The van der Waals surface area contributed by atoms with Crippen molar-refractivity contribution in [1.82, 2.24) is 20.5 Å². The van der Waals surface area contributed by atoms with Gasteiger partial charge in [0.25, 0.3) is 0 Å². The van der Waals surface area contributed by atoms with Crippen molar-refractivity contribution in [2.24, 2.45) is 4.99 Å². The monoisotopic (exact) mass is 378 g/mol. The van der Waals surface area contributed by atoms with Gasteiger partial charge in [0.1, 0.15) is 12.4 Å². The van der Waals surface area contributed by atoms with Crippen LogP contribution < -0.4 is 15.5 Å². The minimum Gasteiger partial charge on any atom is -0.353 e. The van der Waals surface area contributed by atoms with E-state index in [9.17, 15) is 4.79 Å². The molecule has 0 spiro atoms. The number of carbonyl (C=O) groups is 1. The summed E-state index contributed by atoms with van der Waals surface area (Å²) in [5.41, 5.74) is 0.992. The number of aliphatic imine (C=N–C) groups is 1. The van der Waals surface area contributed by atoms with E-state index in [2.05, 4.69) is 32.1 Å². The normalized spacial score (nSPS) is 17.2. The smallest absolute Gasteiger partial charge is 0.243 e. The molecule has 1 aromatic heterocycles. The number of halogens is 1. The minimum absolute atomic E-state index is 0.0465. The van der Waals surface area contributed by atoms with Gasteiger partial charge in [0.2, 0.25) is 5.91 Å². The summed E-state index contributed by atoms with van der Waals surface area (Å²) in [4.78, 5) is 24.3. The lowest BCUT2D eigenvalue weighted by Gasteiger charge is -2.20. The lowest BCUT2D eigenvalue weighted by Crippen LogP contribution is -2.45. The molecule has 1 saturated heterocycles. The number of carbonyl (C=O) groups excluding carboxylic acids is 1. The lowest BCUT2D eigenvalue weighted by molar-refractivity contribution is -0.127. The average molecular weight is 379 g/mol. The summed E-state index contributed by atoms with van der Waals surface area (Å²) in [5.74, 6) is 1.37. The van der Waals surface area contributed by atoms with E-state index in [-0.39, 0.29) is 18.5 Å². The Kier molecular flexibility index (Phi) is 7.26. The van der Waals surface area contributed by atoms with Crippen LogP contribution >= 0.6 is 11.6 Å². The second kappa shape index (κ2) is 9.43. The Morgan fingerprint density at radius 1 is 1.54 bits per heavy atom. The molecule has 1 amide bonds. The van der Waals surface area contributed by atoms with E-state index in [4.69, 9.17) is 11.6 Å². The van der Waals surface area contributed by atoms with Gasteiger partial charge in [0.05, 0.1) is 5.02 Å². The maximum atomic E-state index is 11.8. The Labute approximate surface area is 160 Å². The summed E-state index contributed by atoms with van der Waals surface area (Å²) < 4.78 is 0. The molecule has 0 saturated carbocycles. The number of nitrogens with zero attached hydrogens (tertiary/aromatic N) is 4. The van der Waals surface area contributed by atoms with E-state index < -0.39 is 0 Å². The Bertz CT molecular complexity index is 675. The summed E-state index contributed by atoms with van der Waals surface area (Å²) in [6, 6.07) is 3.86. The highest BCUT2D eigenvalue weighted by Gasteiger charge is 2.25. The van der Waals surface area contributed by atoms with Gasteiger partial charge in [-0.15, -0.1) is 0 Å². The molecule has 2 heterocycles. The fraction of sp³-hybridized carbons (Fsp3) is 0.500. The second-order valence-electron chi connectivity index (χ2n) is 6.65. The van der Waals surface area contributed by atoms with Crippen LogP contribution in [0.4, 0.5) is 5.82 Å². The van der Waals surface area contributed by atoms with Gasteiger partial charge in [-0.05, 0) is 25.5 Å². The zero-order chi connectivity index (χ0) is 19.1. The zero-order valence-electron chi connectivity index (χ0n) is 15.6. The summed E-state index contributed by atoms with van der Waals surface area (Å²) in [5, 5.41) is 7.27. The standard InChI is InChI=1S/C18H27ClN6O/c1-13(2)10-21-18(22-11-16(26)24(3)4)23-14-7-9-25(12-14)17-15(19)6-5-8-20-17/h5-6,8,14H,1,7,9-12H2,2-4H3,(H2,21,22,23). The first-order valence-electron chi connectivity index (χ1n) is 8.61. The molecule has 0 aromatic carbocycles. The van der Waals surface area contributed by atoms with Crippen LogP contribution in [-0.2, 0) is 4.79 Å². The van der Waals surface area contributed by atoms with Gasteiger partial charge in [-0.25, -0.2) is 9.98 Å². The highest BCUT2D eigenvalue weighted by atomic mass is 35.5. The van der Waals surface area contributed by atoms with Crippen LogP contribution in [0.3, 0.4) is 0 Å². The molecular formula is C18H27ClN6O. The van der Waals surface area contributed by atoms with Gasteiger partial charge >= 0.3 is 0 Å². The molecular weight excluding hydrogens is 352 g/mol. The van der Waals surface area contributed by atoms with E-state index in [0.29, 0.717) is 17.5 Å². The lowest BCUT2D eigenvalue weighted by atomic mass is 10.3. The molecule has 0 radical (unpaired) electrons. The number of amides is 1. The fourth-order valence-electron chi connectivity index (χ4n) is 2.55. The van der Waals surface area contributed by atoms with Gasteiger partial charge in [-0.2, -0.15) is 0 Å². The van der Waals surface area contributed by atoms with Gasteiger partial charge < -0.3 is 20.4 Å². The van der Waals surface area contributed by atoms with E-state index in [1.807, 2.05) is 19.1 Å². The summed E-state index contributed by atoms with van der Waals surface area (Å²) in [6.07, 6.45) is 2.68. The molecule has 1 aliphatic rings. The summed E-state index contributed by atoms with van der Waals surface area (Å²) in [6.45, 7) is 8.16. The molecule has 142 valence electrons. The van der Waals surface area contributed by atoms with Gasteiger partial charge in [-0.3, -0.25) is 4.79 Å². The second-order valence-corrected chi connectivity index (χ2v) is 7.06. The predicted octanol–water partition coefficient (Wildman–Crippen LogP) is 1.51. The van der Waals surface area contributed by atoms with Crippen molar-refractivity contribution in [3.05, 3.63) is 35.5 Å². The number of likely N-dealkylation sites (N-methyl/N-ethyl adjacent to an activating group) is 1. The predicted molar refractivity (Wildman–Crippen MR) is 107 cm³/mol. The molecule has 2 rings (SSSR count). The number of aromatic nitrogens is 1. The third kappa shape index (κ3) is 5.91. The quantitative estimate of drug-likeness (QED) is 0.446. The molecule has 7 nitrogen and oxygen atoms in total. The fourth-order valence-corrected chi connectivity index (χ4v) is 2.79. The van der Waals surface area contributed by atoms with Crippen LogP contribution in [0.2, 0.25) is 5.02 Å². The van der Waals surface area contributed by atoms with E-state index in [0.717, 1.165) is 30.9 Å². The van der Waals surface area contributed by atoms with Crippen molar-refractivity contribution in [2.75, 3.05) is 45.2 Å². The van der Waals surface area contributed by atoms with Crippen LogP contribution in [0.1, 0.15) is 13.3 Å². The van der Waals surface area contributed by atoms with Gasteiger partial charge in [0.15, 0.2) is 5.96 Å². The number of nitrogens with one attached hydrogen (secondary N) is 2. The van der Waals surface area contributed by atoms with E-state index >= 15 is 0 Å². The first kappa shape index (κ1) is 20.0. The van der Waals surface area contributed by atoms with Crippen molar-refractivity contribution in [3.63, 3.8) is 0 Å². The van der Waals surface area contributed by atoms with Crippen molar-refractivity contribution in [3.8, 4) is 0 Å². The third-order valence-corrected chi connectivity index (χ3v) is 4.29. The number of guanidine groups is 1. The minimum atomic E-state index is -0.0465. The van der Waals surface area contributed by atoms with Gasteiger partial charge in [0, 0.05) is 46.0 Å². The van der Waals surface area contributed by atoms with Crippen LogP contribution in [0.25, 0.3) is 0 Å². The molecule has 2 N–H and O–H groups in total. The number of rotatable bonds is 6. The number of anilines is 1. The molecule has 26 heavy (non-hydrogen) atoms. The number of hydrogen-bond acceptors (Lipinski definition) is 4. The highest BCUT2D eigenvalue weighted by Crippen LogP contribution is 2.25. The number of pyridine rings is 1. The van der Waals surface area contributed by atoms with E-state index in [1.54, 1.807) is 20.3 Å². The Balaban J connectivity index is 1.99. The van der Waals surface area contributed by atoms with Crippen molar-refractivity contribution < 1.29 is 4.79 Å². The first-order chi connectivity index (χ1) is 12.4. The van der Waals surface area contributed by atoms with Crippen molar-refractivity contribution in [1.29, 1.82) is 0 Å². The third-order valence-electron chi connectivity index (χ3n) is 4.00. The average Bonchev–Trinajstić information content (AvgIpc) is 3.05. The SMILES string of the molecule is C=C(C)CNC(=NCC(=O)N(C)C)NC1CCN(c2ncccc2Cl)C1. The number of hydrogen-bond donors (Lipinski definition) is 2. The van der Waals surface area contributed by atoms with E-state index in [1.165, 1.54) is 4.90 Å². The molecule has 8 heteroatoms. The summed E-state index contributed by atoms with van der Waals surface area (Å²) in [7, 11) is 3.44. The highest BCUT2D eigenvalue weighted by molar-refractivity contribution is 6.32. The van der Waals surface area contributed by atoms with Crippen LogP contribution in [0.15, 0.2) is 35.5 Å². The molecule has 1 aliphatic heterocycles. The molecule has 1 atom stereocenters. The maximum absolute atomic E-state index is 11.8. The first-order valence-corrected chi connectivity index (χ1v) is 8.99. The van der Waals surface area contributed by atoms with Crippen molar-refractivity contribution in [2.45, 2.75) is 19.4 Å². The Morgan fingerprint density at radius 3 is 2.96 bits per heavy atom. The topological polar surface area (TPSA) is 72.9 Å². The summed E-state index contributed by atoms with van der Waals surface area (Å²) >= 11 is 6.24. The molecule has 0 bridgehead atoms. The van der Waals surface area contributed by atoms with Crippen LogP contribution in [0.5, 0.6) is 0 Å². The molecule has 1 fully saturated rings. The Morgan fingerprint density at radius 2 is 2.31 bits per heavy atom. The van der Waals surface area contributed by atoms with Gasteiger partial charge in [-0.1, -0.05) is 23.8 Å². The zero-order valence-corrected chi connectivity index (χ0v) is 16.4. The largest absolute Gasteiger partial charge is 0.353 e. The van der Waals surface area contributed by atoms with Crippen LogP contribution in [-0.4, -0.2) is 68.1 Å². The van der Waals surface area contributed by atoms with Crippen LogP contribution in [0, 0.1) is 0 Å². The molecule has 0 aliphatic carbocycles. The van der Waals surface area contributed by atoms with Crippen molar-refractivity contribution >= 4 is 29.3 Å².